The van der Waals surface area contributed by atoms with Gasteiger partial charge in [0.25, 0.3) is 0 Å². The van der Waals surface area contributed by atoms with Crippen LogP contribution in [-0.2, 0) is 16.1 Å². The molecule has 1 aromatic carbocycles. The normalized spacial score (nSPS) is 29.7. The number of fused-ring (bicyclic) bond motifs is 2. The molecule has 1 N–H and O–H groups in total. The van der Waals surface area contributed by atoms with Gasteiger partial charge in [0.2, 0.25) is 11.8 Å². The van der Waals surface area contributed by atoms with Crippen molar-refractivity contribution in [1.29, 1.82) is 0 Å². The number of nitrogens with zero attached hydrogens (tertiary/aromatic N) is 4. The van der Waals surface area contributed by atoms with Crippen LogP contribution in [0.5, 0.6) is 5.75 Å². The first-order valence-electron chi connectivity index (χ1n) is 13.0. The largest absolute Gasteiger partial charge is 0.489 e. The number of halogens is 1. The molecule has 0 radical (unpaired) electrons. The van der Waals surface area contributed by atoms with Crippen molar-refractivity contribution in [2.75, 3.05) is 13.1 Å². The summed E-state index contributed by atoms with van der Waals surface area (Å²) in [6.45, 7) is 8.29. The molecule has 8 nitrogen and oxygen atoms in total. The van der Waals surface area contributed by atoms with Crippen molar-refractivity contribution in [3.8, 4) is 17.0 Å². The average Bonchev–Trinajstić information content (AvgIpc) is 3.53. The second kappa shape index (κ2) is 7.77. The van der Waals surface area contributed by atoms with Crippen LogP contribution < -0.4 is 10.1 Å². The van der Waals surface area contributed by atoms with Crippen molar-refractivity contribution in [1.82, 2.24) is 24.8 Å². The fraction of sp³-hybridized carbons (Fsp3) is 0.500. The van der Waals surface area contributed by atoms with Crippen molar-refractivity contribution in [2.45, 2.75) is 52.7 Å². The fourth-order valence-corrected chi connectivity index (χ4v) is 7.01. The van der Waals surface area contributed by atoms with Gasteiger partial charge in [-0.15, -0.1) is 0 Å². The van der Waals surface area contributed by atoms with Gasteiger partial charge < -0.3 is 10.1 Å². The van der Waals surface area contributed by atoms with E-state index in [1.54, 1.807) is 4.52 Å². The van der Waals surface area contributed by atoms with Crippen LogP contribution in [0.1, 0.15) is 44.2 Å². The first kappa shape index (κ1) is 23.2. The first-order chi connectivity index (χ1) is 17.7. The van der Waals surface area contributed by atoms with Crippen molar-refractivity contribution in [3.63, 3.8) is 0 Å². The number of nitrogens with one attached hydrogen (secondary N) is 1. The topological polar surface area (TPSA) is 88.8 Å². The van der Waals surface area contributed by atoms with Gasteiger partial charge in [0, 0.05) is 28.7 Å². The van der Waals surface area contributed by atoms with Gasteiger partial charge in [-0.1, -0.05) is 25.4 Å². The Bertz CT molecular complexity index is 1450. The second-order valence-electron chi connectivity index (χ2n) is 11.9. The number of piperidine rings is 2. The molecular formula is C28H30ClN5O3. The van der Waals surface area contributed by atoms with Gasteiger partial charge in [0.05, 0.1) is 23.9 Å². The number of benzene rings is 1. The lowest BCUT2D eigenvalue weighted by atomic mass is 9.96. The quantitative estimate of drug-likeness (QED) is 0.512. The predicted molar refractivity (Wildman–Crippen MR) is 138 cm³/mol. The summed E-state index contributed by atoms with van der Waals surface area (Å²) >= 11 is 6.51. The molecule has 37 heavy (non-hydrogen) atoms. The summed E-state index contributed by atoms with van der Waals surface area (Å²) in [7, 11) is 0. The molecule has 4 aliphatic rings. The molecule has 4 atom stereocenters. The van der Waals surface area contributed by atoms with Crippen LogP contribution in [0.2, 0.25) is 5.02 Å². The standard InChI is InChI=1S/C28H30ClN5O3/c1-15-7-17(29)9-18(24(15)37-20-10-28(20)5-4-6-30-13-28)23-19-8-16(12-34(19)32-14-31-23)11-33-25(35)21-22(26(33)36)27(21,2)3/h7-9,12,14,20-22,30H,4-6,10-11,13H2,1-3H3/t20-,21?,22?,28?/m1/s1. The van der Waals surface area contributed by atoms with E-state index < -0.39 is 0 Å². The molecule has 2 saturated heterocycles. The van der Waals surface area contributed by atoms with E-state index in [1.165, 1.54) is 24.1 Å². The van der Waals surface area contributed by atoms with E-state index in [4.69, 9.17) is 16.3 Å². The SMILES string of the molecule is Cc1cc(Cl)cc(-c2ncnn3cc(CN4C(=O)C5C(C4=O)C5(C)C)cc23)c1O[C@@H]1CC12CCCNC2. The Morgan fingerprint density at radius 3 is 2.70 bits per heavy atom. The van der Waals surface area contributed by atoms with E-state index in [9.17, 15) is 9.59 Å². The molecule has 4 fully saturated rings. The lowest BCUT2D eigenvalue weighted by molar-refractivity contribution is -0.143. The van der Waals surface area contributed by atoms with Gasteiger partial charge in [-0.2, -0.15) is 5.10 Å². The van der Waals surface area contributed by atoms with Crippen LogP contribution in [0.4, 0.5) is 0 Å². The summed E-state index contributed by atoms with van der Waals surface area (Å²) in [5.74, 6) is 0.280. The molecule has 2 aliphatic carbocycles. The third kappa shape index (κ3) is 3.45. The fourth-order valence-electron chi connectivity index (χ4n) is 6.74. The number of carbonyl (C=O) groups excluding carboxylic acids is 2. The number of aryl methyl sites for hydroxylation is 1. The molecule has 3 unspecified atom stereocenters. The van der Waals surface area contributed by atoms with Crippen molar-refractivity contribution in [3.05, 3.63) is 46.9 Å². The summed E-state index contributed by atoms with van der Waals surface area (Å²) in [6, 6.07) is 5.78. The Morgan fingerprint density at radius 1 is 1.19 bits per heavy atom. The zero-order valence-corrected chi connectivity index (χ0v) is 22.0. The molecule has 2 aliphatic heterocycles. The molecule has 2 aromatic heterocycles. The van der Waals surface area contributed by atoms with Crippen molar-refractivity contribution in [2.24, 2.45) is 22.7 Å². The zero-order valence-electron chi connectivity index (χ0n) is 21.3. The Labute approximate surface area is 220 Å². The summed E-state index contributed by atoms with van der Waals surface area (Å²) in [6.07, 6.45) is 6.94. The predicted octanol–water partition coefficient (Wildman–Crippen LogP) is 4.02. The number of rotatable bonds is 5. The van der Waals surface area contributed by atoms with E-state index in [0.29, 0.717) is 10.7 Å². The number of carbonyl (C=O) groups is 2. The molecule has 192 valence electrons. The van der Waals surface area contributed by atoms with E-state index >= 15 is 0 Å². The number of imide groups is 1. The molecule has 1 spiro atoms. The summed E-state index contributed by atoms with van der Waals surface area (Å²) in [5, 5.41) is 8.53. The first-order valence-corrected chi connectivity index (χ1v) is 13.4. The molecule has 2 saturated carbocycles. The summed E-state index contributed by atoms with van der Waals surface area (Å²) in [5.41, 5.74) is 4.10. The van der Waals surface area contributed by atoms with Gasteiger partial charge in [-0.05, 0) is 67.5 Å². The molecule has 2 amide bonds. The number of hydrogen-bond acceptors (Lipinski definition) is 6. The maximum Gasteiger partial charge on any atom is 0.233 e. The Kier molecular flexibility index (Phi) is 4.87. The highest BCUT2D eigenvalue weighted by Crippen LogP contribution is 2.63. The van der Waals surface area contributed by atoms with Gasteiger partial charge in [0.1, 0.15) is 23.9 Å². The van der Waals surface area contributed by atoms with Crippen molar-refractivity contribution >= 4 is 28.9 Å². The van der Waals surface area contributed by atoms with Crippen molar-refractivity contribution < 1.29 is 14.3 Å². The zero-order chi connectivity index (χ0) is 25.7. The van der Waals surface area contributed by atoms with Crippen LogP contribution in [0.3, 0.4) is 0 Å². The highest BCUT2D eigenvalue weighted by molar-refractivity contribution is 6.31. The van der Waals surface area contributed by atoms with Gasteiger partial charge in [0.15, 0.2) is 0 Å². The maximum atomic E-state index is 12.9. The van der Waals surface area contributed by atoms with Crippen LogP contribution in [0.15, 0.2) is 30.7 Å². The number of aromatic nitrogens is 3. The molecule has 0 bridgehead atoms. The Balaban J connectivity index is 1.22. The smallest absolute Gasteiger partial charge is 0.233 e. The van der Waals surface area contributed by atoms with Crippen LogP contribution >= 0.6 is 11.6 Å². The van der Waals surface area contributed by atoms with Gasteiger partial charge in [-0.3, -0.25) is 14.5 Å². The monoisotopic (exact) mass is 519 g/mol. The number of hydrogen-bond donors (Lipinski definition) is 1. The average molecular weight is 520 g/mol. The highest BCUT2D eigenvalue weighted by Gasteiger charge is 2.72. The van der Waals surface area contributed by atoms with Crippen LogP contribution in [0.25, 0.3) is 16.8 Å². The minimum absolute atomic E-state index is 0.0710. The minimum atomic E-state index is -0.219. The Morgan fingerprint density at radius 2 is 1.97 bits per heavy atom. The van der Waals surface area contributed by atoms with Gasteiger partial charge >= 0.3 is 0 Å². The molecule has 3 aromatic rings. The molecule has 9 heteroatoms. The number of ether oxygens (including phenoxy) is 1. The second-order valence-corrected chi connectivity index (χ2v) is 12.3. The third-order valence-electron chi connectivity index (χ3n) is 9.07. The highest BCUT2D eigenvalue weighted by atomic mass is 35.5. The van der Waals surface area contributed by atoms with E-state index in [-0.39, 0.29) is 47.1 Å². The third-order valence-corrected chi connectivity index (χ3v) is 9.29. The van der Waals surface area contributed by atoms with E-state index in [1.807, 2.05) is 45.2 Å². The molecule has 7 rings (SSSR count). The summed E-state index contributed by atoms with van der Waals surface area (Å²) < 4.78 is 8.40. The van der Waals surface area contributed by atoms with E-state index in [0.717, 1.165) is 47.5 Å². The van der Waals surface area contributed by atoms with Crippen LogP contribution in [-0.4, -0.2) is 50.5 Å². The van der Waals surface area contributed by atoms with Crippen LogP contribution in [0, 0.1) is 29.6 Å². The molecule has 4 heterocycles. The van der Waals surface area contributed by atoms with E-state index in [2.05, 4.69) is 15.4 Å². The lowest BCUT2D eigenvalue weighted by Crippen LogP contribution is -2.35. The number of likely N-dealkylation sites (tertiary alicyclic amines) is 1. The van der Waals surface area contributed by atoms with Gasteiger partial charge in [-0.25, -0.2) is 9.50 Å². The lowest BCUT2D eigenvalue weighted by Gasteiger charge is -2.24. The minimum Gasteiger partial charge on any atom is -0.489 e. The Hall–Kier alpha value is -2.97. The number of amides is 2. The summed E-state index contributed by atoms with van der Waals surface area (Å²) in [4.78, 5) is 31.8. The molecular weight excluding hydrogens is 490 g/mol. The maximum absolute atomic E-state index is 12.9.